The van der Waals surface area contributed by atoms with E-state index in [1.54, 1.807) is 13.8 Å². The molecule has 3 N–H and O–H groups in total. The van der Waals surface area contributed by atoms with Crippen molar-refractivity contribution in [3.8, 4) is 0 Å². The molecule has 0 bridgehead atoms. The molecule has 1 aromatic rings. The Kier molecular flexibility index (Phi) is 6.47. The fourth-order valence-electron chi connectivity index (χ4n) is 2.96. The summed E-state index contributed by atoms with van der Waals surface area (Å²) in [5.41, 5.74) is 1.90. The van der Waals surface area contributed by atoms with E-state index in [9.17, 15) is 16.8 Å². The van der Waals surface area contributed by atoms with E-state index >= 15 is 0 Å². The van der Waals surface area contributed by atoms with E-state index in [2.05, 4.69) is 14.8 Å². The van der Waals surface area contributed by atoms with Crippen LogP contribution in [0, 0.1) is 0 Å². The van der Waals surface area contributed by atoms with Crippen LogP contribution in [-0.2, 0) is 20.0 Å². The van der Waals surface area contributed by atoms with Gasteiger partial charge >= 0.3 is 0 Å². The van der Waals surface area contributed by atoms with Crippen LogP contribution in [0.4, 0.5) is 5.69 Å². The van der Waals surface area contributed by atoms with Crippen LogP contribution in [0.3, 0.4) is 0 Å². The lowest BCUT2D eigenvalue weighted by atomic mass is 9.94. The van der Waals surface area contributed by atoms with Crippen molar-refractivity contribution < 1.29 is 16.8 Å². The van der Waals surface area contributed by atoms with Gasteiger partial charge in [0, 0.05) is 17.6 Å². The minimum Gasteiger partial charge on any atom is -0.372 e. The number of nitrogens with one attached hydrogen (secondary N) is 3. The van der Waals surface area contributed by atoms with Crippen LogP contribution >= 0.6 is 0 Å². The van der Waals surface area contributed by atoms with Crippen LogP contribution in [-0.4, -0.2) is 41.1 Å². The van der Waals surface area contributed by atoms with Gasteiger partial charge in [-0.05, 0) is 44.4 Å². The molecule has 0 aliphatic heterocycles. The summed E-state index contributed by atoms with van der Waals surface area (Å²) in [6.07, 6.45) is 3.90. The Labute approximate surface area is 150 Å². The van der Waals surface area contributed by atoms with Crippen LogP contribution < -0.4 is 14.8 Å². The van der Waals surface area contributed by atoms with Crippen molar-refractivity contribution in [1.82, 2.24) is 9.44 Å². The summed E-state index contributed by atoms with van der Waals surface area (Å²) < 4.78 is 51.6. The zero-order valence-corrected chi connectivity index (χ0v) is 16.5. The maximum Gasteiger partial charge on any atom is 0.214 e. The van der Waals surface area contributed by atoms with Gasteiger partial charge in [-0.3, -0.25) is 0 Å². The molecule has 25 heavy (non-hydrogen) atoms. The summed E-state index contributed by atoms with van der Waals surface area (Å²) in [4.78, 5) is 0. The molecule has 0 radical (unpaired) electrons. The van der Waals surface area contributed by atoms with E-state index < -0.39 is 25.3 Å². The van der Waals surface area contributed by atoms with Gasteiger partial charge in [-0.1, -0.05) is 18.6 Å². The van der Waals surface area contributed by atoms with E-state index in [0.717, 1.165) is 36.8 Å². The second-order valence-corrected chi connectivity index (χ2v) is 10.8. The van der Waals surface area contributed by atoms with Crippen LogP contribution in [0.5, 0.6) is 0 Å². The van der Waals surface area contributed by atoms with Crippen molar-refractivity contribution >= 4 is 25.7 Å². The molecule has 0 saturated heterocycles. The molecule has 0 amide bonds. The van der Waals surface area contributed by atoms with Crippen molar-refractivity contribution in [2.75, 3.05) is 18.2 Å². The Morgan fingerprint density at radius 2 is 1.72 bits per heavy atom. The SMILES string of the molecule is CC(C)S(=O)(=O)N[C@@H]1CCC[C@@H]1c1ccc(NCNS(C)(=O)=O)cc1. The highest BCUT2D eigenvalue weighted by Crippen LogP contribution is 2.35. The molecule has 0 spiro atoms. The van der Waals surface area contributed by atoms with E-state index in [-0.39, 0.29) is 18.6 Å². The van der Waals surface area contributed by atoms with Gasteiger partial charge < -0.3 is 5.32 Å². The third kappa shape index (κ3) is 5.95. The quantitative estimate of drug-likeness (QED) is 0.586. The standard InChI is InChI=1S/C16H27N3O4S2/c1-12(2)25(22,23)19-16-6-4-5-15(16)13-7-9-14(10-8-13)17-11-18-24(3,20)21/h7-10,12,15-19H,4-6,11H2,1-3H3/t15-,16-/m1/s1. The predicted molar refractivity (Wildman–Crippen MR) is 100 cm³/mol. The van der Waals surface area contributed by atoms with E-state index in [0.29, 0.717) is 0 Å². The number of hydrogen-bond donors (Lipinski definition) is 3. The lowest BCUT2D eigenvalue weighted by Crippen LogP contribution is -2.40. The summed E-state index contributed by atoms with van der Waals surface area (Å²) in [7, 11) is -6.51. The zero-order chi connectivity index (χ0) is 18.7. The van der Waals surface area contributed by atoms with Gasteiger partial charge in [-0.25, -0.2) is 21.6 Å². The van der Waals surface area contributed by atoms with Crippen LogP contribution in [0.1, 0.15) is 44.6 Å². The monoisotopic (exact) mass is 389 g/mol. The maximum absolute atomic E-state index is 12.1. The second kappa shape index (κ2) is 8.03. The molecule has 142 valence electrons. The minimum absolute atomic E-state index is 0.0712. The smallest absolute Gasteiger partial charge is 0.214 e. The van der Waals surface area contributed by atoms with E-state index in [4.69, 9.17) is 0 Å². The molecule has 1 aromatic carbocycles. The molecule has 7 nitrogen and oxygen atoms in total. The van der Waals surface area contributed by atoms with E-state index in [1.165, 1.54) is 0 Å². The first-order valence-corrected chi connectivity index (χ1v) is 11.8. The van der Waals surface area contributed by atoms with Crippen LogP contribution in [0.2, 0.25) is 0 Å². The van der Waals surface area contributed by atoms with Gasteiger partial charge in [-0.2, -0.15) is 4.72 Å². The number of hydrogen-bond acceptors (Lipinski definition) is 5. The molecule has 1 fully saturated rings. The van der Waals surface area contributed by atoms with Crippen LogP contribution in [0.25, 0.3) is 0 Å². The van der Waals surface area contributed by atoms with Crippen molar-refractivity contribution in [1.29, 1.82) is 0 Å². The fraction of sp³-hybridized carbons (Fsp3) is 0.625. The number of benzene rings is 1. The third-order valence-corrected chi connectivity index (χ3v) is 6.96. The number of rotatable bonds is 8. The summed E-state index contributed by atoms with van der Waals surface area (Å²) >= 11 is 0. The lowest BCUT2D eigenvalue weighted by Gasteiger charge is -2.23. The topological polar surface area (TPSA) is 104 Å². The molecule has 2 atom stereocenters. The average molecular weight is 390 g/mol. The fourth-order valence-corrected chi connectivity index (χ4v) is 4.28. The molecule has 1 aliphatic carbocycles. The molecular weight excluding hydrogens is 362 g/mol. The van der Waals surface area contributed by atoms with E-state index in [1.807, 2.05) is 24.3 Å². The summed E-state index contributed by atoms with van der Waals surface area (Å²) in [6.45, 7) is 3.48. The van der Waals surface area contributed by atoms with Crippen molar-refractivity contribution in [3.63, 3.8) is 0 Å². The molecule has 1 aliphatic rings. The van der Waals surface area contributed by atoms with Gasteiger partial charge in [0.25, 0.3) is 0 Å². The molecule has 9 heteroatoms. The van der Waals surface area contributed by atoms with Gasteiger partial charge in [0.1, 0.15) is 0 Å². The van der Waals surface area contributed by atoms with Crippen molar-refractivity contribution in [3.05, 3.63) is 29.8 Å². The van der Waals surface area contributed by atoms with Crippen molar-refractivity contribution in [2.45, 2.75) is 50.3 Å². The Hall–Kier alpha value is -1.16. The molecule has 2 rings (SSSR count). The Morgan fingerprint density at radius 3 is 2.28 bits per heavy atom. The molecule has 0 heterocycles. The molecule has 0 unspecified atom stereocenters. The lowest BCUT2D eigenvalue weighted by molar-refractivity contribution is 0.519. The second-order valence-electron chi connectivity index (χ2n) is 6.75. The summed E-state index contributed by atoms with van der Waals surface area (Å²) in [5, 5.41) is 2.54. The highest BCUT2D eigenvalue weighted by atomic mass is 32.2. The van der Waals surface area contributed by atoms with Gasteiger partial charge in [0.2, 0.25) is 20.0 Å². The van der Waals surface area contributed by atoms with Gasteiger partial charge in [0.05, 0.1) is 18.2 Å². The Balaban J connectivity index is 2.00. The average Bonchev–Trinajstić information content (AvgIpc) is 2.94. The summed E-state index contributed by atoms with van der Waals surface area (Å²) in [5.74, 6) is 0.164. The van der Waals surface area contributed by atoms with Crippen LogP contribution in [0.15, 0.2) is 24.3 Å². The maximum atomic E-state index is 12.1. The predicted octanol–water partition coefficient (Wildman–Crippen LogP) is 1.57. The molecular formula is C16H27N3O4S2. The normalized spacial score (nSPS) is 21.6. The zero-order valence-electron chi connectivity index (χ0n) is 14.8. The first kappa shape index (κ1) is 20.2. The Morgan fingerprint density at radius 1 is 1.08 bits per heavy atom. The number of anilines is 1. The highest BCUT2D eigenvalue weighted by molar-refractivity contribution is 7.90. The highest BCUT2D eigenvalue weighted by Gasteiger charge is 2.32. The first-order valence-electron chi connectivity index (χ1n) is 8.38. The molecule has 0 aromatic heterocycles. The number of sulfonamides is 2. The van der Waals surface area contributed by atoms with Crippen molar-refractivity contribution in [2.24, 2.45) is 0 Å². The largest absolute Gasteiger partial charge is 0.372 e. The first-order chi connectivity index (χ1) is 11.6. The van der Waals surface area contributed by atoms with Gasteiger partial charge in [0.15, 0.2) is 0 Å². The minimum atomic E-state index is -3.28. The molecule has 1 saturated carbocycles. The Bertz CT molecular complexity index is 774. The summed E-state index contributed by atoms with van der Waals surface area (Å²) in [6, 6.07) is 7.63. The third-order valence-electron chi connectivity index (χ3n) is 4.42. The van der Waals surface area contributed by atoms with Gasteiger partial charge in [-0.15, -0.1) is 0 Å².